The second-order valence-corrected chi connectivity index (χ2v) is 4.71. The maximum Gasteiger partial charge on any atom is 0.274 e. The van der Waals surface area contributed by atoms with Crippen LogP contribution in [0.25, 0.3) is 0 Å². The van der Waals surface area contributed by atoms with Gasteiger partial charge in [-0.05, 0) is 18.2 Å². The van der Waals surface area contributed by atoms with Crippen molar-refractivity contribution in [1.29, 1.82) is 0 Å². The molecule has 0 aliphatic carbocycles. The van der Waals surface area contributed by atoms with Gasteiger partial charge in [-0.1, -0.05) is 41.4 Å². The molecule has 0 bridgehead atoms. The van der Waals surface area contributed by atoms with Gasteiger partial charge in [-0.25, -0.2) is 0 Å². The Morgan fingerprint density at radius 3 is 2.63 bits per heavy atom. The first-order chi connectivity index (χ1) is 9.08. The molecule has 2 aromatic carbocycles. The molecule has 98 valence electrons. The van der Waals surface area contributed by atoms with Gasteiger partial charge in [0.15, 0.2) is 0 Å². The van der Waals surface area contributed by atoms with Crippen molar-refractivity contribution in [2.75, 3.05) is 5.32 Å². The zero-order chi connectivity index (χ0) is 13.8. The number of halogens is 2. The fraction of sp³-hybridized carbons (Fsp3) is 0.0769. The fourth-order valence-corrected chi connectivity index (χ4v) is 2.02. The van der Waals surface area contributed by atoms with E-state index in [-0.39, 0.29) is 5.69 Å². The van der Waals surface area contributed by atoms with E-state index in [4.69, 9.17) is 23.2 Å². The van der Waals surface area contributed by atoms with Crippen molar-refractivity contribution in [3.8, 4) is 0 Å². The van der Waals surface area contributed by atoms with Crippen LogP contribution in [0.4, 0.5) is 11.4 Å². The Bertz CT molecular complexity index is 617. The van der Waals surface area contributed by atoms with E-state index in [1.165, 1.54) is 6.07 Å². The summed E-state index contributed by atoms with van der Waals surface area (Å²) in [5.74, 6) is 0. The van der Waals surface area contributed by atoms with Crippen molar-refractivity contribution in [3.63, 3.8) is 0 Å². The molecule has 2 aromatic rings. The van der Waals surface area contributed by atoms with E-state index in [0.29, 0.717) is 27.8 Å². The van der Waals surface area contributed by atoms with E-state index < -0.39 is 4.92 Å². The third-order valence-electron chi connectivity index (χ3n) is 2.59. The Hall–Kier alpha value is -1.78. The number of anilines is 1. The van der Waals surface area contributed by atoms with Crippen molar-refractivity contribution >= 4 is 34.6 Å². The van der Waals surface area contributed by atoms with Gasteiger partial charge in [-0.3, -0.25) is 10.1 Å². The molecule has 19 heavy (non-hydrogen) atoms. The molecule has 0 aromatic heterocycles. The molecule has 0 unspecified atom stereocenters. The van der Waals surface area contributed by atoms with Crippen LogP contribution < -0.4 is 5.32 Å². The second kappa shape index (κ2) is 5.91. The van der Waals surface area contributed by atoms with E-state index in [1.54, 1.807) is 36.4 Å². The molecule has 0 saturated carbocycles. The highest BCUT2D eigenvalue weighted by Gasteiger charge is 2.12. The van der Waals surface area contributed by atoms with Gasteiger partial charge in [0.1, 0.15) is 0 Å². The first-order valence-corrected chi connectivity index (χ1v) is 6.25. The van der Waals surface area contributed by atoms with E-state index in [1.807, 2.05) is 0 Å². The third-order valence-corrected chi connectivity index (χ3v) is 3.15. The number of para-hydroxylation sites is 1. The first kappa shape index (κ1) is 13.6. The smallest absolute Gasteiger partial charge is 0.274 e. The van der Waals surface area contributed by atoms with Gasteiger partial charge in [0.05, 0.1) is 15.6 Å². The number of nitrogens with zero attached hydrogens (tertiary/aromatic N) is 1. The quantitative estimate of drug-likeness (QED) is 0.667. The highest BCUT2D eigenvalue weighted by Crippen LogP contribution is 2.27. The summed E-state index contributed by atoms with van der Waals surface area (Å²) >= 11 is 11.9. The SMILES string of the molecule is O=[N+]([O-])c1ccccc1CNc1cc(Cl)ccc1Cl. The van der Waals surface area contributed by atoms with E-state index >= 15 is 0 Å². The molecule has 4 nitrogen and oxygen atoms in total. The maximum atomic E-state index is 10.9. The Morgan fingerprint density at radius 2 is 1.89 bits per heavy atom. The molecule has 0 aliphatic heterocycles. The van der Waals surface area contributed by atoms with Crippen molar-refractivity contribution in [2.24, 2.45) is 0 Å². The van der Waals surface area contributed by atoms with Gasteiger partial charge in [0, 0.05) is 23.2 Å². The van der Waals surface area contributed by atoms with Crippen LogP contribution in [-0.2, 0) is 6.54 Å². The van der Waals surface area contributed by atoms with Crippen LogP contribution in [0.3, 0.4) is 0 Å². The Balaban J connectivity index is 2.19. The van der Waals surface area contributed by atoms with Gasteiger partial charge in [0.25, 0.3) is 5.69 Å². The number of nitro benzene ring substituents is 1. The summed E-state index contributed by atoms with van der Waals surface area (Å²) in [6, 6.07) is 11.6. The fourth-order valence-electron chi connectivity index (χ4n) is 1.66. The van der Waals surface area contributed by atoms with Gasteiger partial charge >= 0.3 is 0 Å². The number of hydrogen-bond acceptors (Lipinski definition) is 3. The molecule has 0 heterocycles. The lowest BCUT2D eigenvalue weighted by Gasteiger charge is -2.09. The number of nitro groups is 1. The molecule has 0 aliphatic rings. The molecule has 1 N–H and O–H groups in total. The third kappa shape index (κ3) is 3.36. The molecule has 0 saturated heterocycles. The van der Waals surface area contributed by atoms with Crippen molar-refractivity contribution in [2.45, 2.75) is 6.54 Å². The molecule has 6 heteroatoms. The van der Waals surface area contributed by atoms with Crippen molar-refractivity contribution in [3.05, 3.63) is 68.2 Å². The monoisotopic (exact) mass is 296 g/mol. The highest BCUT2D eigenvalue weighted by atomic mass is 35.5. The minimum Gasteiger partial charge on any atom is -0.379 e. The van der Waals surface area contributed by atoms with E-state index in [0.717, 1.165) is 0 Å². The molecule has 0 atom stereocenters. The number of nitrogens with one attached hydrogen (secondary N) is 1. The lowest BCUT2D eigenvalue weighted by Crippen LogP contribution is -2.03. The summed E-state index contributed by atoms with van der Waals surface area (Å²) in [5.41, 5.74) is 1.31. The molecular formula is C13H10Cl2N2O2. The van der Waals surface area contributed by atoms with Gasteiger partial charge < -0.3 is 5.32 Å². The summed E-state index contributed by atoms with van der Waals surface area (Å²) < 4.78 is 0. The minimum atomic E-state index is -0.406. The molecule has 0 fully saturated rings. The number of rotatable bonds is 4. The average Bonchev–Trinajstić information content (AvgIpc) is 2.40. The van der Waals surface area contributed by atoms with Crippen LogP contribution in [0.1, 0.15) is 5.56 Å². The van der Waals surface area contributed by atoms with Crippen LogP contribution in [-0.4, -0.2) is 4.92 Å². The molecule has 0 radical (unpaired) electrons. The van der Waals surface area contributed by atoms with Crippen LogP contribution in [0.2, 0.25) is 10.0 Å². The van der Waals surface area contributed by atoms with Crippen molar-refractivity contribution in [1.82, 2.24) is 0 Å². The van der Waals surface area contributed by atoms with Gasteiger partial charge in [-0.2, -0.15) is 0 Å². The lowest BCUT2D eigenvalue weighted by atomic mass is 10.2. The predicted molar refractivity (Wildman–Crippen MR) is 76.9 cm³/mol. The predicted octanol–water partition coefficient (Wildman–Crippen LogP) is 4.51. The summed E-state index contributed by atoms with van der Waals surface area (Å²) in [4.78, 5) is 10.5. The highest BCUT2D eigenvalue weighted by molar-refractivity contribution is 6.35. The standard InChI is InChI=1S/C13H10Cl2N2O2/c14-10-5-6-11(15)12(7-10)16-8-9-3-1-2-4-13(9)17(18)19/h1-7,16H,8H2. The number of hydrogen-bond donors (Lipinski definition) is 1. The minimum absolute atomic E-state index is 0.0770. The zero-order valence-corrected chi connectivity index (χ0v) is 11.3. The molecule has 0 spiro atoms. The van der Waals surface area contributed by atoms with E-state index in [2.05, 4.69) is 5.32 Å². The molecule has 2 rings (SSSR count). The topological polar surface area (TPSA) is 55.2 Å². The summed E-state index contributed by atoms with van der Waals surface area (Å²) in [6.07, 6.45) is 0. The normalized spacial score (nSPS) is 10.2. The number of benzene rings is 2. The summed E-state index contributed by atoms with van der Waals surface area (Å²) in [5, 5.41) is 15.0. The van der Waals surface area contributed by atoms with Gasteiger partial charge in [0.2, 0.25) is 0 Å². The second-order valence-electron chi connectivity index (χ2n) is 3.86. The van der Waals surface area contributed by atoms with E-state index in [9.17, 15) is 10.1 Å². The Kier molecular flexibility index (Phi) is 4.24. The largest absolute Gasteiger partial charge is 0.379 e. The summed E-state index contributed by atoms with van der Waals surface area (Å²) in [6.45, 7) is 0.303. The van der Waals surface area contributed by atoms with Crippen LogP contribution >= 0.6 is 23.2 Å². The Morgan fingerprint density at radius 1 is 1.16 bits per heavy atom. The first-order valence-electron chi connectivity index (χ1n) is 5.49. The van der Waals surface area contributed by atoms with Crippen LogP contribution in [0, 0.1) is 10.1 Å². The maximum absolute atomic E-state index is 10.9. The van der Waals surface area contributed by atoms with Crippen LogP contribution in [0.15, 0.2) is 42.5 Å². The van der Waals surface area contributed by atoms with Crippen LogP contribution in [0.5, 0.6) is 0 Å². The van der Waals surface area contributed by atoms with Crippen molar-refractivity contribution < 1.29 is 4.92 Å². The van der Waals surface area contributed by atoms with Gasteiger partial charge in [-0.15, -0.1) is 0 Å². The summed E-state index contributed by atoms with van der Waals surface area (Å²) in [7, 11) is 0. The average molecular weight is 297 g/mol. The Labute approximate surface area is 120 Å². The lowest BCUT2D eigenvalue weighted by molar-refractivity contribution is -0.385. The molecular weight excluding hydrogens is 287 g/mol. The zero-order valence-electron chi connectivity index (χ0n) is 9.77. The molecule has 0 amide bonds.